The molecule has 0 aromatic heterocycles. The van der Waals surface area contributed by atoms with Crippen molar-refractivity contribution >= 4 is 58.1 Å². The largest absolute Gasteiger partial charge is 0.383 e. The van der Waals surface area contributed by atoms with E-state index in [1.165, 1.54) is 13.2 Å². The third-order valence-electron chi connectivity index (χ3n) is 3.05. The molecule has 3 amide bonds. The van der Waals surface area contributed by atoms with Crippen LogP contribution in [0.4, 0.5) is 4.79 Å². The van der Waals surface area contributed by atoms with Crippen molar-refractivity contribution in [2.24, 2.45) is 0 Å². The zero-order valence-corrected chi connectivity index (χ0v) is 15.0. The van der Waals surface area contributed by atoms with Crippen LogP contribution in [0.25, 0.3) is 6.08 Å². The minimum atomic E-state index is -0.530. The number of carbonyl (C=O) groups is 3. The van der Waals surface area contributed by atoms with Crippen molar-refractivity contribution < 1.29 is 19.1 Å². The Morgan fingerprint density at radius 1 is 1.38 bits per heavy atom. The minimum absolute atomic E-state index is 0.203. The maximum atomic E-state index is 12.3. The van der Waals surface area contributed by atoms with Gasteiger partial charge in [-0.25, -0.2) is 0 Å². The quantitative estimate of drug-likeness (QED) is 0.598. The molecule has 0 spiro atoms. The minimum Gasteiger partial charge on any atom is -0.383 e. The molecule has 128 valence electrons. The number of benzene rings is 1. The Balaban J connectivity index is 2.08. The van der Waals surface area contributed by atoms with Gasteiger partial charge in [0, 0.05) is 23.7 Å². The Morgan fingerprint density at radius 3 is 2.79 bits per heavy atom. The van der Waals surface area contributed by atoms with E-state index >= 15 is 0 Å². The molecule has 1 heterocycles. The van der Waals surface area contributed by atoms with E-state index in [4.69, 9.17) is 27.9 Å². The standard InChI is InChI=1S/C15H14Cl2N2O4S/c1-23-5-4-18-13(20)8-19-14(21)12(24-15(19)22)6-9-2-3-10(16)7-11(9)17/h2-3,6-7H,4-5,8H2,1H3,(H,18,20)/b12-6-. The third-order valence-corrected chi connectivity index (χ3v) is 4.52. The topological polar surface area (TPSA) is 75.7 Å². The first-order valence-electron chi connectivity index (χ1n) is 6.88. The second-order valence-electron chi connectivity index (χ2n) is 4.78. The number of amides is 3. The number of methoxy groups -OCH3 is 1. The lowest BCUT2D eigenvalue weighted by Gasteiger charge is -2.12. The molecule has 0 atom stereocenters. The summed E-state index contributed by atoms with van der Waals surface area (Å²) in [7, 11) is 1.51. The van der Waals surface area contributed by atoms with E-state index in [1.807, 2.05) is 0 Å². The Kier molecular flexibility index (Phi) is 6.68. The lowest BCUT2D eigenvalue weighted by molar-refractivity contribution is -0.129. The Hall–Kier alpha value is -1.54. The van der Waals surface area contributed by atoms with Crippen LogP contribution in [0.1, 0.15) is 5.56 Å². The van der Waals surface area contributed by atoms with Gasteiger partial charge in [-0.05, 0) is 35.5 Å². The molecule has 0 aliphatic carbocycles. The van der Waals surface area contributed by atoms with Crippen LogP contribution in [0.5, 0.6) is 0 Å². The van der Waals surface area contributed by atoms with Crippen molar-refractivity contribution in [2.45, 2.75) is 0 Å². The normalized spacial score (nSPS) is 16.1. The van der Waals surface area contributed by atoms with Gasteiger partial charge in [-0.2, -0.15) is 0 Å². The summed E-state index contributed by atoms with van der Waals surface area (Å²) < 4.78 is 4.81. The summed E-state index contributed by atoms with van der Waals surface area (Å²) in [6.07, 6.45) is 1.51. The van der Waals surface area contributed by atoms with Crippen molar-refractivity contribution in [3.63, 3.8) is 0 Å². The second-order valence-corrected chi connectivity index (χ2v) is 6.61. The molecule has 1 aliphatic rings. The third kappa shape index (κ3) is 4.73. The van der Waals surface area contributed by atoms with E-state index < -0.39 is 17.1 Å². The molecule has 1 saturated heterocycles. The molecule has 6 nitrogen and oxygen atoms in total. The van der Waals surface area contributed by atoms with Crippen LogP contribution in [-0.2, 0) is 14.3 Å². The van der Waals surface area contributed by atoms with Gasteiger partial charge >= 0.3 is 0 Å². The fraction of sp³-hybridized carbons (Fsp3) is 0.267. The first kappa shape index (κ1) is 18.8. The first-order valence-corrected chi connectivity index (χ1v) is 8.45. The molecule has 24 heavy (non-hydrogen) atoms. The summed E-state index contributed by atoms with van der Waals surface area (Å²) in [6.45, 7) is 0.324. The zero-order valence-electron chi connectivity index (χ0n) is 12.7. The van der Waals surface area contributed by atoms with Gasteiger partial charge in [-0.3, -0.25) is 19.3 Å². The summed E-state index contributed by atoms with van der Waals surface area (Å²) in [5, 5.41) is 2.89. The number of thioether (sulfide) groups is 1. The summed E-state index contributed by atoms with van der Waals surface area (Å²) in [6, 6.07) is 4.82. The highest BCUT2D eigenvalue weighted by molar-refractivity contribution is 8.18. The molecule has 1 fully saturated rings. The number of imide groups is 1. The molecule has 0 unspecified atom stereocenters. The molecule has 1 N–H and O–H groups in total. The van der Waals surface area contributed by atoms with Crippen LogP contribution in [0, 0.1) is 0 Å². The molecule has 0 saturated carbocycles. The monoisotopic (exact) mass is 388 g/mol. The second kappa shape index (κ2) is 8.53. The molecule has 1 aliphatic heterocycles. The Morgan fingerprint density at radius 2 is 2.12 bits per heavy atom. The van der Waals surface area contributed by atoms with Crippen LogP contribution >= 0.6 is 35.0 Å². The van der Waals surface area contributed by atoms with Gasteiger partial charge in [0.2, 0.25) is 5.91 Å². The van der Waals surface area contributed by atoms with E-state index in [0.29, 0.717) is 28.8 Å². The van der Waals surface area contributed by atoms with Gasteiger partial charge in [-0.1, -0.05) is 29.3 Å². The SMILES string of the molecule is COCCNC(=O)CN1C(=O)S/C(=C\c2ccc(Cl)cc2Cl)C1=O. The highest BCUT2D eigenvalue weighted by atomic mass is 35.5. The Labute approximate surface area is 153 Å². The van der Waals surface area contributed by atoms with E-state index in [-0.39, 0.29) is 11.4 Å². The van der Waals surface area contributed by atoms with Gasteiger partial charge in [-0.15, -0.1) is 0 Å². The number of hydrogen-bond acceptors (Lipinski definition) is 5. The fourth-order valence-corrected chi connectivity index (χ4v) is 3.18. The van der Waals surface area contributed by atoms with Crippen LogP contribution in [0.15, 0.2) is 23.1 Å². The van der Waals surface area contributed by atoms with Crippen molar-refractivity contribution in [2.75, 3.05) is 26.8 Å². The van der Waals surface area contributed by atoms with Crippen molar-refractivity contribution in [1.82, 2.24) is 10.2 Å². The van der Waals surface area contributed by atoms with E-state index in [9.17, 15) is 14.4 Å². The van der Waals surface area contributed by atoms with Gasteiger partial charge in [0.1, 0.15) is 6.54 Å². The number of halogens is 2. The number of carbonyl (C=O) groups excluding carboxylic acids is 3. The van der Waals surface area contributed by atoms with E-state index in [2.05, 4.69) is 5.32 Å². The van der Waals surface area contributed by atoms with Gasteiger partial charge in [0.15, 0.2) is 0 Å². The number of nitrogens with one attached hydrogen (secondary N) is 1. The first-order chi connectivity index (χ1) is 11.4. The number of nitrogens with zero attached hydrogens (tertiary/aromatic N) is 1. The Bertz CT molecular complexity index is 709. The van der Waals surface area contributed by atoms with Crippen molar-refractivity contribution in [1.29, 1.82) is 0 Å². The van der Waals surface area contributed by atoms with Crippen molar-refractivity contribution in [3.8, 4) is 0 Å². The fourth-order valence-electron chi connectivity index (χ4n) is 1.89. The number of rotatable bonds is 6. The molecule has 1 aromatic carbocycles. The molecule has 9 heteroatoms. The molecule has 1 aromatic rings. The predicted octanol–water partition coefficient (Wildman–Crippen LogP) is 2.79. The molecule has 0 bridgehead atoms. The summed E-state index contributed by atoms with van der Waals surface area (Å²) >= 11 is 12.6. The highest BCUT2D eigenvalue weighted by Crippen LogP contribution is 2.33. The average molecular weight is 389 g/mol. The maximum absolute atomic E-state index is 12.3. The van der Waals surface area contributed by atoms with Crippen LogP contribution in [0.2, 0.25) is 10.0 Å². The van der Waals surface area contributed by atoms with Crippen LogP contribution in [0.3, 0.4) is 0 Å². The van der Waals surface area contributed by atoms with Gasteiger partial charge in [0.05, 0.1) is 11.5 Å². The molecular weight excluding hydrogens is 375 g/mol. The smallest absolute Gasteiger partial charge is 0.294 e. The zero-order chi connectivity index (χ0) is 17.7. The molecular formula is C15H14Cl2N2O4S. The lowest BCUT2D eigenvalue weighted by Crippen LogP contribution is -2.40. The summed E-state index contributed by atoms with van der Waals surface area (Å²) in [5.41, 5.74) is 0.566. The van der Waals surface area contributed by atoms with E-state index in [1.54, 1.807) is 18.2 Å². The summed E-state index contributed by atoms with van der Waals surface area (Å²) in [5.74, 6) is -0.960. The number of ether oxygens (including phenoxy) is 1. The average Bonchev–Trinajstić information content (AvgIpc) is 2.78. The highest BCUT2D eigenvalue weighted by Gasteiger charge is 2.36. The maximum Gasteiger partial charge on any atom is 0.294 e. The predicted molar refractivity (Wildman–Crippen MR) is 94.0 cm³/mol. The van der Waals surface area contributed by atoms with Crippen LogP contribution in [-0.4, -0.2) is 48.8 Å². The number of hydrogen-bond donors (Lipinski definition) is 1. The van der Waals surface area contributed by atoms with Crippen molar-refractivity contribution in [3.05, 3.63) is 38.7 Å². The van der Waals surface area contributed by atoms with Crippen LogP contribution < -0.4 is 5.32 Å². The van der Waals surface area contributed by atoms with Gasteiger partial charge in [0.25, 0.3) is 11.1 Å². The molecule has 0 radical (unpaired) electrons. The van der Waals surface area contributed by atoms with Gasteiger partial charge < -0.3 is 10.1 Å². The van der Waals surface area contributed by atoms with E-state index in [0.717, 1.165) is 16.7 Å². The molecule has 2 rings (SSSR count). The lowest BCUT2D eigenvalue weighted by atomic mass is 10.2. The summed E-state index contributed by atoms with van der Waals surface area (Å²) in [4.78, 5) is 37.1.